The Morgan fingerprint density at radius 3 is 2.57 bits per heavy atom. The molecule has 0 spiro atoms. The summed E-state index contributed by atoms with van der Waals surface area (Å²) in [6.07, 6.45) is 6.34. The Bertz CT molecular complexity index is 374. The number of hydrogen-bond acceptors (Lipinski definition) is 5. The summed E-state index contributed by atoms with van der Waals surface area (Å²) in [7, 11) is 1.66. The summed E-state index contributed by atoms with van der Waals surface area (Å²) >= 11 is 0. The second kappa shape index (κ2) is 10.4. The van der Waals surface area contributed by atoms with Crippen LogP contribution in [0.1, 0.15) is 58.7 Å². The van der Waals surface area contributed by atoms with Crippen LogP contribution in [0.5, 0.6) is 0 Å². The van der Waals surface area contributed by atoms with Crippen molar-refractivity contribution in [3.63, 3.8) is 0 Å². The van der Waals surface area contributed by atoms with Gasteiger partial charge in [-0.15, -0.1) is 0 Å². The SMILES string of the molecule is CCCCCCC(C)Nc1cc(NCC)nc(COC)n1. The number of anilines is 2. The van der Waals surface area contributed by atoms with Gasteiger partial charge in [0.2, 0.25) is 0 Å². The average molecular weight is 294 g/mol. The minimum Gasteiger partial charge on any atom is -0.377 e. The van der Waals surface area contributed by atoms with Gasteiger partial charge >= 0.3 is 0 Å². The van der Waals surface area contributed by atoms with Crippen LogP contribution in [0.3, 0.4) is 0 Å². The minimum absolute atomic E-state index is 0.418. The lowest BCUT2D eigenvalue weighted by atomic mass is 10.1. The van der Waals surface area contributed by atoms with E-state index in [-0.39, 0.29) is 0 Å². The van der Waals surface area contributed by atoms with Crippen LogP contribution in [0.25, 0.3) is 0 Å². The Balaban J connectivity index is 2.58. The van der Waals surface area contributed by atoms with E-state index in [0.29, 0.717) is 18.5 Å². The van der Waals surface area contributed by atoms with Gasteiger partial charge in [0.1, 0.15) is 18.2 Å². The fourth-order valence-electron chi connectivity index (χ4n) is 2.24. The van der Waals surface area contributed by atoms with Crippen molar-refractivity contribution in [1.82, 2.24) is 9.97 Å². The van der Waals surface area contributed by atoms with Crippen molar-refractivity contribution in [3.8, 4) is 0 Å². The fraction of sp³-hybridized carbons (Fsp3) is 0.750. The molecule has 5 nitrogen and oxygen atoms in total. The molecule has 1 rings (SSSR count). The van der Waals surface area contributed by atoms with Crippen LogP contribution < -0.4 is 10.6 Å². The number of hydrogen-bond donors (Lipinski definition) is 2. The van der Waals surface area contributed by atoms with Crippen molar-refractivity contribution in [2.75, 3.05) is 24.3 Å². The molecule has 0 aliphatic carbocycles. The third-order valence-corrected chi connectivity index (χ3v) is 3.29. The summed E-state index contributed by atoms with van der Waals surface area (Å²) in [5, 5.41) is 6.70. The van der Waals surface area contributed by atoms with E-state index in [1.54, 1.807) is 7.11 Å². The smallest absolute Gasteiger partial charge is 0.158 e. The number of rotatable bonds is 11. The van der Waals surface area contributed by atoms with Gasteiger partial charge in [0, 0.05) is 25.8 Å². The van der Waals surface area contributed by atoms with Crippen LogP contribution in [0.2, 0.25) is 0 Å². The van der Waals surface area contributed by atoms with Crippen molar-refractivity contribution in [1.29, 1.82) is 0 Å². The summed E-state index contributed by atoms with van der Waals surface area (Å²) in [6.45, 7) is 7.77. The van der Waals surface area contributed by atoms with E-state index in [0.717, 1.165) is 18.2 Å². The third kappa shape index (κ3) is 7.27. The molecule has 0 radical (unpaired) electrons. The zero-order valence-electron chi connectivity index (χ0n) is 13.9. The van der Waals surface area contributed by atoms with Crippen LogP contribution in [-0.4, -0.2) is 29.7 Å². The Morgan fingerprint density at radius 1 is 1.14 bits per heavy atom. The predicted molar refractivity (Wildman–Crippen MR) is 88.8 cm³/mol. The molecule has 0 amide bonds. The first-order valence-corrected chi connectivity index (χ1v) is 8.06. The molecule has 21 heavy (non-hydrogen) atoms. The molecular weight excluding hydrogens is 264 g/mol. The second-order valence-corrected chi connectivity index (χ2v) is 5.41. The topological polar surface area (TPSA) is 59.1 Å². The van der Waals surface area contributed by atoms with Gasteiger partial charge in [0.25, 0.3) is 0 Å². The maximum Gasteiger partial charge on any atom is 0.158 e. The molecule has 0 bridgehead atoms. The number of nitrogens with zero attached hydrogens (tertiary/aromatic N) is 2. The molecule has 2 N–H and O–H groups in total. The maximum absolute atomic E-state index is 5.13. The highest BCUT2D eigenvalue weighted by Crippen LogP contribution is 2.15. The summed E-state index contributed by atoms with van der Waals surface area (Å²) in [4.78, 5) is 8.92. The number of aromatic nitrogens is 2. The molecule has 5 heteroatoms. The molecule has 1 heterocycles. The first-order valence-electron chi connectivity index (χ1n) is 8.06. The molecule has 120 valence electrons. The monoisotopic (exact) mass is 294 g/mol. The van der Waals surface area contributed by atoms with Gasteiger partial charge in [-0.05, 0) is 20.3 Å². The normalized spacial score (nSPS) is 12.2. The van der Waals surface area contributed by atoms with E-state index >= 15 is 0 Å². The lowest BCUT2D eigenvalue weighted by molar-refractivity contribution is 0.178. The standard InChI is InChI=1S/C16H30N4O/c1-5-7-8-9-10-13(3)18-15-11-14(17-6-2)19-16(20-15)12-21-4/h11,13H,5-10,12H2,1-4H3,(H2,17,18,19,20). The Kier molecular flexibility index (Phi) is 8.74. The number of ether oxygens (including phenoxy) is 1. The highest BCUT2D eigenvalue weighted by Gasteiger charge is 2.07. The quantitative estimate of drug-likeness (QED) is 0.607. The summed E-state index contributed by atoms with van der Waals surface area (Å²) in [5.74, 6) is 2.42. The van der Waals surface area contributed by atoms with Crippen LogP contribution in [0.15, 0.2) is 6.07 Å². The van der Waals surface area contributed by atoms with E-state index in [9.17, 15) is 0 Å². The minimum atomic E-state index is 0.418. The molecule has 0 fully saturated rings. The summed E-state index contributed by atoms with van der Waals surface area (Å²) in [5.41, 5.74) is 0. The van der Waals surface area contributed by atoms with Gasteiger partial charge in [-0.2, -0.15) is 0 Å². The largest absolute Gasteiger partial charge is 0.377 e. The van der Waals surface area contributed by atoms with Crippen LogP contribution in [0, 0.1) is 0 Å². The average Bonchev–Trinajstić information content (AvgIpc) is 2.44. The zero-order valence-corrected chi connectivity index (χ0v) is 13.9. The van der Waals surface area contributed by atoms with Crippen molar-refractivity contribution in [2.45, 2.75) is 65.5 Å². The second-order valence-electron chi connectivity index (χ2n) is 5.41. The fourth-order valence-corrected chi connectivity index (χ4v) is 2.24. The predicted octanol–water partition coefficient (Wildman–Crippen LogP) is 3.83. The van der Waals surface area contributed by atoms with E-state index in [2.05, 4.69) is 41.4 Å². The zero-order chi connectivity index (χ0) is 15.5. The van der Waals surface area contributed by atoms with Gasteiger partial charge in [0.05, 0.1) is 0 Å². The third-order valence-electron chi connectivity index (χ3n) is 3.29. The summed E-state index contributed by atoms with van der Waals surface area (Å²) in [6, 6.07) is 2.38. The molecule has 0 saturated carbocycles. The number of unbranched alkanes of at least 4 members (excludes halogenated alkanes) is 3. The summed E-state index contributed by atoms with van der Waals surface area (Å²) < 4.78 is 5.13. The van der Waals surface area contributed by atoms with Crippen LogP contribution in [0.4, 0.5) is 11.6 Å². The lowest BCUT2D eigenvalue weighted by Crippen LogP contribution is -2.17. The number of methoxy groups -OCH3 is 1. The van der Waals surface area contributed by atoms with Crippen LogP contribution in [-0.2, 0) is 11.3 Å². The van der Waals surface area contributed by atoms with Crippen molar-refractivity contribution < 1.29 is 4.74 Å². The van der Waals surface area contributed by atoms with Gasteiger partial charge in [-0.3, -0.25) is 0 Å². The van der Waals surface area contributed by atoms with Crippen molar-refractivity contribution in [3.05, 3.63) is 11.9 Å². The highest BCUT2D eigenvalue weighted by atomic mass is 16.5. The van der Waals surface area contributed by atoms with Gasteiger partial charge in [0.15, 0.2) is 5.82 Å². The molecular formula is C16H30N4O. The van der Waals surface area contributed by atoms with E-state index in [1.165, 1.54) is 32.1 Å². The molecule has 0 aromatic carbocycles. The molecule has 1 aromatic rings. The Hall–Kier alpha value is -1.36. The molecule has 0 saturated heterocycles. The first kappa shape index (κ1) is 17.7. The first-order chi connectivity index (χ1) is 10.2. The Labute approximate surface area is 128 Å². The maximum atomic E-state index is 5.13. The van der Waals surface area contributed by atoms with Gasteiger partial charge < -0.3 is 15.4 Å². The molecule has 0 aliphatic heterocycles. The molecule has 0 aliphatic rings. The van der Waals surface area contributed by atoms with E-state index in [1.807, 2.05) is 6.07 Å². The molecule has 1 unspecified atom stereocenters. The van der Waals surface area contributed by atoms with Crippen molar-refractivity contribution >= 4 is 11.6 Å². The van der Waals surface area contributed by atoms with Crippen molar-refractivity contribution in [2.24, 2.45) is 0 Å². The Morgan fingerprint density at radius 2 is 1.90 bits per heavy atom. The van der Waals surface area contributed by atoms with Crippen LogP contribution >= 0.6 is 0 Å². The van der Waals surface area contributed by atoms with Gasteiger partial charge in [-0.1, -0.05) is 32.6 Å². The molecule has 1 atom stereocenters. The highest BCUT2D eigenvalue weighted by molar-refractivity contribution is 5.47. The molecule has 1 aromatic heterocycles. The van der Waals surface area contributed by atoms with E-state index < -0.39 is 0 Å². The lowest BCUT2D eigenvalue weighted by Gasteiger charge is -2.16. The number of nitrogens with one attached hydrogen (secondary N) is 2. The van der Waals surface area contributed by atoms with E-state index in [4.69, 9.17) is 4.74 Å². The van der Waals surface area contributed by atoms with Gasteiger partial charge in [-0.25, -0.2) is 9.97 Å².